The number of nitrogens with one attached hydrogen (secondary N) is 1. The summed E-state index contributed by atoms with van der Waals surface area (Å²) in [4.78, 5) is 29.2. The van der Waals surface area contributed by atoms with Gasteiger partial charge in [-0.15, -0.1) is 0 Å². The molecule has 1 saturated heterocycles. The summed E-state index contributed by atoms with van der Waals surface area (Å²) < 4.78 is 10.8. The van der Waals surface area contributed by atoms with Gasteiger partial charge in [0.05, 0.1) is 14.2 Å². The highest BCUT2D eigenvalue weighted by molar-refractivity contribution is 6.05. The van der Waals surface area contributed by atoms with Crippen molar-refractivity contribution in [1.29, 1.82) is 0 Å². The molecule has 1 atom stereocenters. The maximum Gasteiger partial charge on any atom is 0.252 e. The number of amides is 1. The second-order valence-electron chi connectivity index (χ2n) is 10.1. The number of methoxy groups -OCH3 is 2. The molecule has 1 aliphatic carbocycles. The van der Waals surface area contributed by atoms with Crippen LogP contribution in [0.3, 0.4) is 0 Å². The molecule has 2 heterocycles. The van der Waals surface area contributed by atoms with E-state index in [0.29, 0.717) is 23.1 Å². The molecule has 0 bridgehead atoms. The average Bonchev–Trinajstić information content (AvgIpc) is 2.77. The van der Waals surface area contributed by atoms with Crippen LogP contribution in [0.5, 0.6) is 17.2 Å². The van der Waals surface area contributed by atoms with Crippen LogP contribution in [0.15, 0.2) is 34.7 Å². The van der Waals surface area contributed by atoms with Gasteiger partial charge in [-0.3, -0.25) is 9.59 Å². The van der Waals surface area contributed by atoms with Crippen LogP contribution in [0.2, 0.25) is 0 Å². The molecule has 0 saturated carbocycles. The lowest BCUT2D eigenvalue weighted by molar-refractivity contribution is -0.128. The number of carbonyl (C=O) groups excluding carboxylic acids is 2. The average molecular weight is 455 g/mol. The van der Waals surface area contributed by atoms with Crippen LogP contribution in [0.4, 0.5) is 0 Å². The molecule has 7 nitrogen and oxygen atoms in total. The number of ether oxygens (including phenoxy) is 2. The van der Waals surface area contributed by atoms with Gasteiger partial charge in [0.15, 0.2) is 17.3 Å². The van der Waals surface area contributed by atoms with Crippen molar-refractivity contribution >= 4 is 11.7 Å². The molecule has 178 valence electrons. The van der Waals surface area contributed by atoms with E-state index in [9.17, 15) is 14.7 Å². The number of aromatic hydroxyl groups is 1. The normalized spacial score (nSPS) is 22.6. The van der Waals surface area contributed by atoms with Crippen LogP contribution in [0.25, 0.3) is 0 Å². The monoisotopic (exact) mass is 454 g/mol. The molecule has 3 aliphatic rings. The lowest BCUT2D eigenvalue weighted by Gasteiger charge is -2.41. The quantitative estimate of drug-likeness (QED) is 0.714. The Labute approximate surface area is 195 Å². The smallest absolute Gasteiger partial charge is 0.252 e. The molecule has 1 amide bonds. The topological polar surface area (TPSA) is 88.1 Å². The number of nitrogens with zero attached hydrogens (tertiary/aromatic N) is 1. The number of benzene rings is 1. The predicted octanol–water partition coefficient (Wildman–Crippen LogP) is 4.03. The molecule has 4 rings (SSSR count). The molecular formula is C26H34N2O5. The van der Waals surface area contributed by atoms with E-state index in [2.05, 4.69) is 19.2 Å². The van der Waals surface area contributed by atoms with E-state index >= 15 is 0 Å². The fourth-order valence-electron chi connectivity index (χ4n) is 5.40. The zero-order valence-corrected chi connectivity index (χ0v) is 20.2. The third-order valence-corrected chi connectivity index (χ3v) is 6.95. The molecule has 33 heavy (non-hydrogen) atoms. The van der Waals surface area contributed by atoms with Crippen molar-refractivity contribution in [1.82, 2.24) is 10.2 Å². The van der Waals surface area contributed by atoms with Gasteiger partial charge < -0.3 is 24.8 Å². The summed E-state index contributed by atoms with van der Waals surface area (Å²) >= 11 is 0. The van der Waals surface area contributed by atoms with Crippen molar-refractivity contribution in [2.45, 2.75) is 58.8 Å². The second-order valence-corrected chi connectivity index (χ2v) is 10.1. The van der Waals surface area contributed by atoms with Gasteiger partial charge >= 0.3 is 0 Å². The Bertz CT molecular complexity index is 1020. The number of carbonyl (C=O) groups is 2. The number of hydrogen-bond acceptors (Lipinski definition) is 6. The SMILES string of the molecule is COc1cc([C@@H]2C(C(=O)N3CCCCC3)=C(C)NC3=C2C(=O)CC(C)(C)C3)cc(OC)c1O. The third-order valence-electron chi connectivity index (χ3n) is 6.95. The van der Waals surface area contributed by atoms with Crippen molar-refractivity contribution in [3.8, 4) is 17.2 Å². The van der Waals surface area contributed by atoms with Crippen molar-refractivity contribution in [2.24, 2.45) is 5.41 Å². The Balaban J connectivity index is 1.90. The summed E-state index contributed by atoms with van der Waals surface area (Å²) in [6, 6.07) is 3.42. The molecule has 0 radical (unpaired) electrons. The molecule has 2 aliphatic heterocycles. The third kappa shape index (κ3) is 4.21. The number of hydrogen-bond donors (Lipinski definition) is 2. The summed E-state index contributed by atoms with van der Waals surface area (Å²) in [6.45, 7) is 7.53. The van der Waals surface area contributed by atoms with E-state index in [1.807, 2.05) is 11.8 Å². The molecule has 0 aromatic heterocycles. The molecule has 1 aromatic rings. The van der Waals surface area contributed by atoms with Gasteiger partial charge in [0, 0.05) is 48.0 Å². The van der Waals surface area contributed by atoms with E-state index in [-0.39, 0.29) is 34.4 Å². The first kappa shape index (κ1) is 23.2. The lowest BCUT2D eigenvalue weighted by Crippen LogP contribution is -2.43. The first-order chi connectivity index (χ1) is 15.7. The molecule has 0 spiro atoms. The Morgan fingerprint density at radius 1 is 1.09 bits per heavy atom. The Kier molecular flexibility index (Phi) is 6.16. The van der Waals surface area contributed by atoms with Gasteiger partial charge in [-0.2, -0.15) is 0 Å². The number of Topliss-reactive ketones (excluding diaryl/α,β-unsaturated/α-hetero) is 1. The number of ketones is 1. The number of phenols is 1. The van der Waals surface area contributed by atoms with Crippen LogP contribution in [-0.2, 0) is 9.59 Å². The van der Waals surface area contributed by atoms with E-state index in [1.165, 1.54) is 14.2 Å². The molecule has 1 fully saturated rings. The van der Waals surface area contributed by atoms with E-state index in [4.69, 9.17) is 9.47 Å². The highest BCUT2D eigenvalue weighted by Crippen LogP contribution is 2.49. The number of likely N-dealkylation sites (tertiary alicyclic amines) is 1. The number of phenolic OH excluding ortho intramolecular Hbond substituents is 1. The standard InChI is InChI=1S/C26H34N2O5/c1-15-21(25(31)28-9-7-6-8-10-28)22(16-11-19(32-4)24(30)20(12-16)33-5)23-17(27-15)13-26(2,3)14-18(23)29/h11-12,22,27,30H,6-10,13-14H2,1-5H3/t22-/m1/s1. The highest BCUT2D eigenvalue weighted by Gasteiger charge is 2.44. The fraction of sp³-hybridized carbons (Fsp3) is 0.538. The van der Waals surface area contributed by atoms with E-state index < -0.39 is 5.92 Å². The fourth-order valence-corrected chi connectivity index (χ4v) is 5.40. The Hall–Kier alpha value is -2.96. The minimum absolute atomic E-state index is 0.0418. The van der Waals surface area contributed by atoms with Gasteiger partial charge in [-0.1, -0.05) is 13.8 Å². The number of dihydropyridines is 1. The van der Waals surface area contributed by atoms with E-state index in [0.717, 1.165) is 50.2 Å². The molecule has 1 aromatic carbocycles. The number of rotatable bonds is 4. The zero-order valence-electron chi connectivity index (χ0n) is 20.2. The maximum absolute atomic E-state index is 13.8. The Morgan fingerprint density at radius 2 is 1.70 bits per heavy atom. The summed E-state index contributed by atoms with van der Waals surface area (Å²) in [6.07, 6.45) is 4.23. The molecule has 0 unspecified atom stereocenters. The summed E-state index contributed by atoms with van der Waals surface area (Å²) in [5, 5.41) is 13.9. The minimum atomic E-state index is -0.553. The van der Waals surface area contributed by atoms with Crippen LogP contribution in [0, 0.1) is 5.41 Å². The summed E-state index contributed by atoms with van der Waals surface area (Å²) in [5.41, 5.74) is 3.40. The summed E-state index contributed by atoms with van der Waals surface area (Å²) in [5.74, 6) is -0.163. The van der Waals surface area contributed by atoms with Crippen LogP contribution >= 0.6 is 0 Å². The first-order valence-corrected chi connectivity index (χ1v) is 11.6. The van der Waals surface area contributed by atoms with Crippen LogP contribution in [-0.4, -0.2) is 49.0 Å². The van der Waals surface area contributed by atoms with Gasteiger partial charge in [0.2, 0.25) is 5.75 Å². The van der Waals surface area contributed by atoms with Crippen LogP contribution in [0.1, 0.15) is 64.4 Å². The van der Waals surface area contributed by atoms with E-state index in [1.54, 1.807) is 12.1 Å². The molecular weight excluding hydrogens is 420 g/mol. The summed E-state index contributed by atoms with van der Waals surface area (Å²) in [7, 11) is 2.95. The second kappa shape index (κ2) is 8.76. The first-order valence-electron chi connectivity index (χ1n) is 11.6. The number of allylic oxidation sites excluding steroid dienone is 3. The van der Waals surface area contributed by atoms with Crippen molar-refractivity contribution in [2.75, 3.05) is 27.3 Å². The molecule has 7 heteroatoms. The van der Waals surface area contributed by atoms with Crippen molar-refractivity contribution < 1.29 is 24.2 Å². The Morgan fingerprint density at radius 3 is 2.27 bits per heavy atom. The van der Waals surface area contributed by atoms with Gasteiger partial charge in [0.25, 0.3) is 5.91 Å². The minimum Gasteiger partial charge on any atom is -0.502 e. The highest BCUT2D eigenvalue weighted by atomic mass is 16.5. The molecule has 2 N–H and O–H groups in total. The number of piperidine rings is 1. The van der Waals surface area contributed by atoms with Gasteiger partial charge in [-0.05, 0) is 55.7 Å². The van der Waals surface area contributed by atoms with Gasteiger partial charge in [0.1, 0.15) is 0 Å². The largest absolute Gasteiger partial charge is 0.502 e. The van der Waals surface area contributed by atoms with Crippen LogP contribution < -0.4 is 14.8 Å². The van der Waals surface area contributed by atoms with Crippen molar-refractivity contribution in [3.63, 3.8) is 0 Å². The maximum atomic E-state index is 13.8. The zero-order chi connectivity index (χ0) is 23.9. The van der Waals surface area contributed by atoms with Gasteiger partial charge in [-0.25, -0.2) is 0 Å². The lowest BCUT2D eigenvalue weighted by atomic mass is 9.68. The predicted molar refractivity (Wildman–Crippen MR) is 125 cm³/mol. The van der Waals surface area contributed by atoms with Crippen molar-refractivity contribution in [3.05, 3.63) is 40.2 Å².